The average molecular weight is 243 g/mol. The Kier molecular flexibility index (Phi) is 3.77. The van der Waals surface area contributed by atoms with Crippen LogP contribution in [0.5, 0.6) is 5.75 Å². The Morgan fingerprint density at radius 1 is 1.33 bits per heavy atom. The highest BCUT2D eigenvalue weighted by Crippen LogP contribution is 2.27. The van der Waals surface area contributed by atoms with Gasteiger partial charge in [0.05, 0.1) is 19.3 Å². The fourth-order valence-electron chi connectivity index (χ4n) is 1.69. The zero-order chi connectivity index (χ0) is 13.0. The van der Waals surface area contributed by atoms with Gasteiger partial charge in [-0.15, -0.1) is 0 Å². The SMILES string of the molecule is COc1ccc(C)cc1N=CCn1ccc(C)n1. The van der Waals surface area contributed by atoms with E-state index in [2.05, 4.69) is 10.1 Å². The number of hydrogen-bond acceptors (Lipinski definition) is 3. The molecule has 1 aromatic carbocycles. The van der Waals surface area contributed by atoms with Crippen LogP contribution in [0, 0.1) is 13.8 Å². The number of aryl methyl sites for hydroxylation is 2. The first-order chi connectivity index (χ1) is 8.69. The number of methoxy groups -OCH3 is 1. The normalized spacial score (nSPS) is 11.1. The highest BCUT2D eigenvalue weighted by atomic mass is 16.5. The highest BCUT2D eigenvalue weighted by molar-refractivity contribution is 5.66. The van der Waals surface area contributed by atoms with Gasteiger partial charge in [-0.05, 0) is 37.6 Å². The van der Waals surface area contributed by atoms with Crippen LogP contribution in [0.1, 0.15) is 11.3 Å². The van der Waals surface area contributed by atoms with Crippen molar-refractivity contribution in [1.82, 2.24) is 9.78 Å². The van der Waals surface area contributed by atoms with Gasteiger partial charge < -0.3 is 4.74 Å². The number of aliphatic imine (C=N–C) groups is 1. The molecule has 0 aliphatic carbocycles. The fraction of sp³-hybridized carbons (Fsp3) is 0.286. The smallest absolute Gasteiger partial charge is 0.144 e. The second-order valence-corrected chi connectivity index (χ2v) is 4.17. The second kappa shape index (κ2) is 5.49. The van der Waals surface area contributed by atoms with E-state index in [1.54, 1.807) is 7.11 Å². The highest BCUT2D eigenvalue weighted by Gasteiger charge is 2.00. The number of rotatable bonds is 4. The molecular weight excluding hydrogens is 226 g/mol. The van der Waals surface area contributed by atoms with Gasteiger partial charge in [0.1, 0.15) is 11.4 Å². The van der Waals surface area contributed by atoms with Gasteiger partial charge >= 0.3 is 0 Å². The molecule has 0 unspecified atom stereocenters. The molecule has 0 saturated carbocycles. The van der Waals surface area contributed by atoms with Crippen LogP contribution in [-0.4, -0.2) is 23.1 Å². The Labute approximate surface area is 107 Å². The van der Waals surface area contributed by atoms with E-state index in [4.69, 9.17) is 4.74 Å². The van der Waals surface area contributed by atoms with Gasteiger partial charge in [-0.25, -0.2) is 0 Å². The van der Waals surface area contributed by atoms with Gasteiger partial charge in [0.15, 0.2) is 0 Å². The number of aromatic nitrogens is 2. The predicted molar refractivity (Wildman–Crippen MR) is 72.8 cm³/mol. The Morgan fingerprint density at radius 2 is 2.17 bits per heavy atom. The van der Waals surface area contributed by atoms with Crippen molar-refractivity contribution in [1.29, 1.82) is 0 Å². The molecule has 1 aromatic heterocycles. The maximum atomic E-state index is 5.27. The molecule has 0 bridgehead atoms. The Bertz CT molecular complexity index is 558. The molecule has 0 fully saturated rings. The second-order valence-electron chi connectivity index (χ2n) is 4.17. The summed E-state index contributed by atoms with van der Waals surface area (Å²) in [5.41, 5.74) is 3.02. The van der Waals surface area contributed by atoms with Crippen LogP contribution in [0.3, 0.4) is 0 Å². The third kappa shape index (κ3) is 2.97. The molecule has 0 radical (unpaired) electrons. The molecule has 1 heterocycles. The van der Waals surface area contributed by atoms with Crippen molar-refractivity contribution in [3.8, 4) is 5.75 Å². The van der Waals surface area contributed by atoms with Gasteiger partial charge in [-0.1, -0.05) is 6.07 Å². The van der Waals surface area contributed by atoms with Crippen molar-refractivity contribution < 1.29 is 4.74 Å². The molecule has 4 nitrogen and oxygen atoms in total. The first-order valence-corrected chi connectivity index (χ1v) is 5.86. The molecule has 0 saturated heterocycles. The first-order valence-electron chi connectivity index (χ1n) is 5.86. The van der Waals surface area contributed by atoms with Crippen LogP contribution in [0.4, 0.5) is 5.69 Å². The van der Waals surface area contributed by atoms with Crippen LogP contribution in [0.25, 0.3) is 0 Å². The van der Waals surface area contributed by atoms with E-state index in [9.17, 15) is 0 Å². The van der Waals surface area contributed by atoms with E-state index in [0.29, 0.717) is 6.54 Å². The lowest BCUT2D eigenvalue weighted by Crippen LogP contribution is -1.99. The van der Waals surface area contributed by atoms with Crippen molar-refractivity contribution in [2.24, 2.45) is 4.99 Å². The number of nitrogens with zero attached hydrogens (tertiary/aromatic N) is 3. The van der Waals surface area contributed by atoms with Crippen LogP contribution in [0.15, 0.2) is 35.5 Å². The molecule has 0 spiro atoms. The third-order valence-corrected chi connectivity index (χ3v) is 2.61. The van der Waals surface area contributed by atoms with Crippen LogP contribution in [-0.2, 0) is 6.54 Å². The standard InChI is InChI=1S/C14H17N3O/c1-11-4-5-14(18-3)13(10-11)15-7-9-17-8-6-12(2)16-17/h4-8,10H,9H2,1-3H3. The zero-order valence-electron chi connectivity index (χ0n) is 10.9. The molecule has 4 heteroatoms. The molecule has 18 heavy (non-hydrogen) atoms. The third-order valence-electron chi connectivity index (χ3n) is 2.61. The molecule has 0 aliphatic rings. The lowest BCUT2D eigenvalue weighted by Gasteiger charge is -2.04. The van der Waals surface area contributed by atoms with Crippen molar-refractivity contribution in [3.05, 3.63) is 41.7 Å². The van der Waals surface area contributed by atoms with Crippen molar-refractivity contribution in [2.75, 3.05) is 7.11 Å². The zero-order valence-corrected chi connectivity index (χ0v) is 10.9. The Morgan fingerprint density at radius 3 is 2.83 bits per heavy atom. The van der Waals surface area contributed by atoms with Crippen molar-refractivity contribution in [3.63, 3.8) is 0 Å². The van der Waals surface area contributed by atoms with Crippen LogP contribution in [0.2, 0.25) is 0 Å². The lowest BCUT2D eigenvalue weighted by atomic mass is 10.2. The molecule has 2 aromatic rings. The summed E-state index contributed by atoms with van der Waals surface area (Å²) < 4.78 is 7.12. The Hall–Kier alpha value is -2.10. The monoisotopic (exact) mass is 243 g/mol. The number of hydrogen-bond donors (Lipinski definition) is 0. The summed E-state index contributed by atoms with van der Waals surface area (Å²) in [6.45, 7) is 4.66. The molecule has 0 atom stereocenters. The summed E-state index contributed by atoms with van der Waals surface area (Å²) in [7, 11) is 1.65. The van der Waals surface area contributed by atoms with Gasteiger partial charge in [-0.2, -0.15) is 5.10 Å². The van der Waals surface area contributed by atoms with Crippen LogP contribution < -0.4 is 4.74 Å². The minimum atomic E-state index is 0.658. The lowest BCUT2D eigenvalue weighted by molar-refractivity contribution is 0.416. The molecular formula is C14H17N3O. The minimum absolute atomic E-state index is 0.658. The fourth-order valence-corrected chi connectivity index (χ4v) is 1.69. The number of ether oxygens (including phenoxy) is 1. The van der Waals surface area contributed by atoms with Crippen LogP contribution >= 0.6 is 0 Å². The van der Waals surface area contributed by atoms with E-state index < -0.39 is 0 Å². The van der Waals surface area contributed by atoms with Crippen molar-refractivity contribution in [2.45, 2.75) is 20.4 Å². The summed E-state index contributed by atoms with van der Waals surface area (Å²) in [5, 5.41) is 4.30. The average Bonchev–Trinajstić information content (AvgIpc) is 2.75. The molecule has 2 rings (SSSR count). The summed E-state index contributed by atoms with van der Waals surface area (Å²) >= 11 is 0. The summed E-state index contributed by atoms with van der Waals surface area (Å²) in [6, 6.07) is 7.92. The molecule has 0 aliphatic heterocycles. The number of benzene rings is 1. The van der Waals surface area contributed by atoms with E-state index >= 15 is 0 Å². The molecule has 94 valence electrons. The maximum absolute atomic E-state index is 5.27. The van der Waals surface area contributed by atoms with E-state index in [-0.39, 0.29) is 0 Å². The van der Waals surface area contributed by atoms with Gasteiger partial charge in [-0.3, -0.25) is 9.67 Å². The van der Waals surface area contributed by atoms with E-state index in [0.717, 1.165) is 22.7 Å². The van der Waals surface area contributed by atoms with Gasteiger partial charge in [0.25, 0.3) is 0 Å². The summed E-state index contributed by atoms with van der Waals surface area (Å²) in [6.07, 6.45) is 3.78. The van der Waals surface area contributed by atoms with E-state index in [1.165, 1.54) is 0 Å². The van der Waals surface area contributed by atoms with Gasteiger partial charge in [0, 0.05) is 12.4 Å². The maximum Gasteiger partial charge on any atom is 0.144 e. The summed E-state index contributed by atoms with van der Waals surface area (Å²) in [5.74, 6) is 0.786. The topological polar surface area (TPSA) is 39.4 Å². The predicted octanol–water partition coefficient (Wildman–Crippen LogP) is 2.91. The Balaban J connectivity index is 2.11. The van der Waals surface area contributed by atoms with E-state index in [1.807, 2.05) is 55.2 Å². The quantitative estimate of drug-likeness (QED) is 0.774. The van der Waals surface area contributed by atoms with Gasteiger partial charge in [0.2, 0.25) is 0 Å². The molecule has 0 amide bonds. The first kappa shape index (κ1) is 12.4. The summed E-state index contributed by atoms with van der Waals surface area (Å²) in [4.78, 5) is 4.43. The van der Waals surface area contributed by atoms with Crippen molar-refractivity contribution >= 4 is 11.9 Å². The minimum Gasteiger partial charge on any atom is -0.494 e. The largest absolute Gasteiger partial charge is 0.494 e. The molecule has 0 N–H and O–H groups in total.